The number of anilines is 1. The zero-order chi connectivity index (χ0) is 14.1. The summed E-state index contributed by atoms with van der Waals surface area (Å²) in [6, 6.07) is 3.84. The minimum absolute atomic E-state index is 0. The Bertz CT molecular complexity index is 643. The lowest BCUT2D eigenvalue weighted by molar-refractivity contribution is -0.126. The predicted octanol–water partition coefficient (Wildman–Crippen LogP) is 1.74. The summed E-state index contributed by atoms with van der Waals surface area (Å²) >= 11 is 0. The van der Waals surface area contributed by atoms with Crippen LogP contribution in [-0.2, 0) is 9.53 Å². The van der Waals surface area contributed by atoms with Gasteiger partial charge in [-0.3, -0.25) is 9.89 Å². The maximum absolute atomic E-state index is 12.2. The van der Waals surface area contributed by atoms with Crippen LogP contribution >= 0.6 is 12.4 Å². The molecule has 0 spiro atoms. The standard InChI is InChI=1S/C14H18N4O2.ClH/c1-8-2-4-11(13-10(8)7-16-18-13)17-14(19)12-5-3-9(6-15)20-12;/h2,4,7,9,12H,3,5-6,15H2,1H3,(H,16,18)(H,17,19);1H/t9-,12+;/m1./s1. The van der Waals surface area contributed by atoms with Crippen molar-refractivity contribution in [3.05, 3.63) is 23.9 Å². The molecule has 1 saturated heterocycles. The van der Waals surface area contributed by atoms with Crippen molar-refractivity contribution < 1.29 is 9.53 Å². The van der Waals surface area contributed by atoms with Crippen molar-refractivity contribution in [2.45, 2.75) is 32.0 Å². The van der Waals surface area contributed by atoms with Crippen molar-refractivity contribution in [3.8, 4) is 0 Å². The Labute approximate surface area is 128 Å². The summed E-state index contributed by atoms with van der Waals surface area (Å²) < 4.78 is 5.60. The van der Waals surface area contributed by atoms with Gasteiger partial charge in [-0.25, -0.2) is 0 Å². The molecule has 2 heterocycles. The number of halogens is 1. The van der Waals surface area contributed by atoms with E-state index in [2.05, 4.69) is 15.5 Å². The van der Waals surface area contributed by atoms with Crippen LogP contribution in [0.4, 0.5) is 5.69 Å². The number of H-pyrrole nitrogens is 1. The van der Waals surface area contributed by atoms with Gasteiger partial charge in [-0.1, -0.05) is 6.07 Å². The third-order valence-electron chi connectivity index (χ3n) is 3.75. The maximum atomic E-state index is 12.2. The van der Waals surface area contributed by atoms with E-state index in [0.29, 0.717) is 13.0 Å². The largest absolute Gasteiger partial charge is 0.364 e. The van der Waals surface area contributed by atoms with E-state index in [-0.39, 0.29) is 24.4 Å². The first-order valence-electron chi connectivity index (χ1n) is 6.78. The summed E-state index contributed by atoms with van der Waals surface area (Å²) in [5.74, 6) is -0.124. The van der Waals surface area contributed by atoms with Crippen LogP contribution in [0.1, 0.15) is 18.4 Å². The van der Waals surface area contributed by atoms with Crippen molar-refractivity contribution >= 4 is 34.9 Å². The Morgan fingerprint density at radius 2 is 2.33 bits per heavy atom. The molecule has 21 heavy (non-hydrogen) atoms. The van der Waals surface area contributed by atoms with Crippen molar-refractivity contribution in [3.63, 3.8) is 0 Å². The monoisotopic (exact) mass is 310 g/mol. The van der Waals surface area contributed by atoms with Gasteiger partial charge >= 0.3 is 0 Å². The maximum Gasteiger partial charge on any atom is 0.253 e. The van der Waals surface area contributed by atoms with Gasteiger partial charge < -0.3 is 15.8 Å². The van der Waals surface area contributed by atoms with E-state index in [9.17, 15) is 4.79 Å². The first-order chi connectivity index (χ1) is 9.69. The highest BCUT2D eigenvalue weighted by atomic mass is 35.5. The number of nitrogens with zero attached hydrogens (tertiary/aromatic N) is 1. The molecular formula is C14H19ClN4O2. The van der Waals surface area contributed by atoms with Gasteiger partial charge in [0.05, 0.1) is 23.5 Å². The highest BCUT2D eigenvalue weighted by Crippen LogP contribution is 2.26. The Kier molecular flexibility index (Phi) is 4.82. The molecule has 1 aromatic carbocycles. The second-order valence-electron chi connectivity index (χ2n) is 5.14. The number of carbonyl (C=O) groups is 1. The van der Waals surface area contributed by atoms with Gasteiger partial charge in [0.2, 0.25) is 0 Å². The SMILES string of the molecule is Cc1ccc(NC(=O)[C@@H]2CC[C@H](CN)O2)c2[nH]ncc12.Cl. The van der Waals surface area contributed by atoms with Gasteiger partial charge in [-0.15, -0.1) is 12.4 Å². The molecule has 7 heteroatoms. The molecule has 0 aliphatic carbocycles. The molecule has 6 nitrogen and oxygen atoms in total. The number of nitrogens with two attached hydrogens (primary N) is 1. The van der Waals surface area contributed by atoms with Crippen molar-refractivity contribution in [2.75, 3.05) is 11.9 Å². The molecule has 114 valence electrons. The van der Waals surface area contributed by atoms with Crippen molar-refractivity contribution in [1.29, 1.82) is 0 Å². The summed E-state index contributed by atoms with van der Waals surface area (Å²) in [5.41, 5.74) is 8.24. The number of amides is 1. The highest BCUT2D eigenvalue weighted by Gasteiger charge is 2.30. The van der Waals surface area contributed by atoms with E-state index in [1.807, 2.05) is 19.1 Å². The third kappa shape index (κ3) is 3.02. The van der Waals surface area contributed by atoms with Gasteiger partial charge in [0.1, 0.15) is 6.10 Å². The zero-order valence-corrected chi connectivity index (χ0v) is 12.6. The van der Waals surface area contributed by atoms with Gasteiger partial charge in [-0.2, -0.15) is 5.10 Å². The summed E-state index contributed by atoms with van der Waals surface area (Å²) in [6.45, 7) is 2.47. The molecular weight excluding hydrogens is 292 g/mol. The van der Waals surface area contributed by atoms with Crippen molar-refractivity contribution in [1.82, 2.24) is 10.2 Å². The number of aryl methyl sites for hydroxylation is 1. The highest BCUT2D eigenvalue weighted by molar-refractivity contribution is 6.02. The van der Waals surface area contributed by atoms with E-state index in [4.69, 9.17) is 10.5 Å². The number of nitrogens with one attached hydrogen (secondary N) is 2. The minimum atomic E-state index is -0.414. The zero-order valence-electron chi connectivity index (χ0n) is 11.8. The van der Waals surface area contributed by atoms with Crippen LogP contribution in [0.15, 0.2) is 18.3 Å². The second kappa shape index (κ2) is 6.43. The first kappa shape index (κ1) is 15.8. The van der Waals surface area contributed by atoms with E-state index in [1.54, 1.807) is 6.20 Å². The molecule has 1 amide bonds. The molecule has 1 aliphatic rings. The number of rotatable bonds is 3. The number of aromatic amines is 1. The molecule has 2 atom stereocenters. The number of aromatic nitrogens is 2. The number of hydrogen-bond donors (Lipinski definition) is 3. The minimum Gasteiger partial charge on any atom is -0.364 e. The van der Waals surface area contributed by atoms with Gasteiger partial charge in [0.25, 0.3) is 5.91 Å². The van der Waals surface area contributed by atoms with E-state index in [0.717, 1.165) is 28.6 Å². The lowest BCUT2D eigenvalue weighted by Crippen LogP contribution is -2.29. The Morgan fingerprint density at radius 3 is 3.05 bits per heavy atom. The van der Waals surface area contributed by atoms with E-state index in [1.165, 1.54) is 0 Å². The molecule has 0 radical (unpaired) electrons. The fourth-order valence-corrected chi connectivity index (χ4v) is 2.56. The quantitative estimate of drug-likeness (QED) is 0.805. The molecule has 0 saturated carbocycles. The van der Waals surface area contributed by atoms with Crippen LogP contribution in [0.5, 0.6) is 0 Å². The van der Waals surface area contributed by atoms with Gasteiger partial charge in [0, 0.05) is 11.9 Å². The summed E-state index contributed by atoms with van der Waals surface area (Å²) in [5, 5.41) is 10.9. The van der Waals surface area contributed by atoms with Crippen molar-refractivity contribution in [2.24, 2.45) is 5.73 Å². The van der Waals surface area contributed by atoms with E-state index < -0.39 is 6.10 Å². The number of benzene rings is 1. The molecule has 1 aliphatic heterocycles. The van der Waals surface area contributed by atoms with Crippen LogP contribution in [0, 0.1) is 6.92 Å². The third-order valence-corrected chi connectivity index (χ3v) is 3.75. The molecule has 1 aromatic heterocycles. The molecule has 2 aromatic rings. The number of fused-ring (bicyclic) bond motifs is 1. The molecule has 0 unspecified atom stereocenters. The molecule has 1 fully saturated rings. The fourth-order valence-electron chi connectivity index (χ4n) is 2.56. The number of hydrogen-bond acceptors (Lipinski definition) is 4. The van der Waals surface area contributed by atoms with Gasteiger partial charge in [0.15, 0.2) is 0 Å². The van der Waals surface area contributed by atoms with E-state index >= 15 is 0 Å². The lowest BCUT2D eigenvalue weighted by atomic mass is 10.1. The average molecular weight is 311 g/mol. The summed E-state index contributed by atoms with van der Waals surface area (Å²) in [7, 11) is 0. The predicted molar refractivity (Wildman–Crippen MR) is 83.7 cm³/mol. The molecule has 4 N–H and O–H groups in total. The average Bonchev–Trinajstić information content (AvgIpc) is 3.10. The van der Waals surface area contributed by atoms with Crippen LogP contribution < -0.4 is 11.1 Å². The molecule has 0 bridgehead atoms. The lowest BCUT2D eigenvalue weighted by Gasteiger charge is -2.13. The number of ether oxygens (including phenoxy) is 1. The van der Waals surface area contributed by atoms with Crippen LogP contribution in [0.3, 0.4) is 0 Å². The fraction of sp³-hybridized carbons (Fsp3) is 0.429. The van der Waals surface area contributed by atoms with Crippen LogP contribution in [0.2, 0.25) is 0 Å². The Balaban J connectivity index is 0.00000161. The van der Waals surface area contributed by atoms with Gasteiger partial charge in [-0.05, 0) is 31.4 Å². The first-order valence-corrected chi connectivity index (χ1v) is 6.78. The number of carbonyl (C=O) groups excluding carboxylic acids is 1. The van der Waals surface area contributed by atoms with Crippen LogP contribution in [-0.4, -0.2) is 34.9 Å². The van der Waals surface area contributed by atoms with Crippen LogP contribution in [0.25, 0.3) is 10.9 Å². The summed E-state index contributed by atoms with van der Waals surface area (Å²) in [4.78, 5) is 12.2. The Hall–Kier alpha value is -1.63. The molecule has 3 rings (SSSR count). The second-order valence-corrected chi connectivity index (χ2v) is 5.14. The smallest absolute Gasteiger partial charge is 0.253 e. The topological polar surface area (TPSA) is 93.0 Å². The normalized spacial score (nSPS) is 21.2. The summed E-state index contributed by atoms with van der Waals surface area (Å²) in [6.07, 6.45) is 2.89. The Morgan fingerprint density at radius 1 is 1.52 bits per heavy atom.